The lowest BCUT2D eigenvalue weighted by molar-refractivity contribution is 0.0943. The van der Waals surface area contributed by atoms with Crippen molar-refractivity contribution in [3.05, 3.63) is 18.1 Å². The molecular weight excluding hydrogens is 252 g/mol. The number of carbonyl (C=O) groups excluding carboxylic acids is 1. The van der Waals surface area contributed by atoms with Gasteiger partial charge in [0.25, 0.3) is 5.91 Å². The predicted molar refractivity (Wildman–Crippen MR) is 82.0 cm³/mol. The second kappa shape index (κ2) is 8.51. The second-order valence-electron chi connectivity index (χ2n) is 5.35. The highest BCUT2D eigenvalue weighted by Gasteiger charge is 2.11. The molecule has 1 amide bonds. The highest BCUT2D eigenvalue weighted by atomic mass is 16.1. The van der Waals surface area contributed by atoms with Crippen LogP contribution in [0.15, 0.2) is 12.4 Å². The molecule has 1 N–H and O–H groups in total. The fourth-order valence-corrected chi connectivity index (χ4v) is 1.87. The zero-order valence-corrected chi connectivity index (χ0v) is 13.0. The number of aromatic nitrogens is 2. The summed E-state index contributed by atoms with van der Waals surface area (Å²) in [5, 5.41) is 2.84. The van der Waals surface area contributed by atoms with Crippen molar-refractivity contribution in [3.8, 4) is 0 Å². The van der Waals surface area contributed by atoms with Crippen LogP contribution in [-0.4, -0.2) is 35.5 Å². The first-order chi connectivity index (χ1) is 9.58. The van der Waals surface area contributed by atoms with Gasteiger partial charge in [-0.3, -0.25) is 4.79 Å². The Morgan fingerprint density at radius 1 is 1.20 bits per heavy atom. The van der Waals surface area contributed by atoms with E-state index < -0.39 is 0 Å². The number of hydrogen-bond donors (Lipinski definition) is 1. The van der Waals surface area contributed by atoms with Gasteiger partial charge in [0, 0.05) is 19.6 Å². The Morgan fingerprint density at radius 3 is 2.30 bits per heavy atom. The van der Waals surface area contributed by atoms with E-state index in [-0.39, 0.29) is 5.91 Å². The Morgan fingerprint density at radius 2 is 1.85 bits per heavy atom. The van der Waals surface area contributed by atoms with Crippen molar-refractivity contribution >= 4 is 11.7 Å². The average Bonchev–Trinajstić information content (AvgIpc) is 2.44. The van der Waals surface area contributed by atoms with Gasteiger partial charge in [-0.05, 0) is 18.8 Å². The minimum atomic E-state index is -0.157. The van der Waals surface area contributed by atoms with Crippen LogP contribution in [0.5, 0.6) is 0 Å². The number of rotatable bonds is 8. The number of carbonyl (C=O) groups is 1. The Labute approximate surface area is 121 Å². The molecule has 0 aliphatic rings. The van der Waals surface area contributed by atoms with E-state index in [0.29, 0.717) is 18.2 Å². The maximum Gasteiger partial charge on any atom is 0.271 e. The van der Waals surface area contributed by atoms with Crippen molar-refractivity contribution in [3.63, 3.8) is 0 Å². The SMILES string of the molecule is CCCN(CCC)c1cnc(C(=O)NCC(C)C)cn1. The molecular formula is C15H26N4O. The minimum Gasteiger partial charge on any atom is -0.355 e. The maximum atomic E-state index is 11.9. The number of amides is 1. The monoisotopic (exact) mass is 278 g/mol. The molecule has 0 fully saturated rings. The standard InChI is InChI=1S/C15H26N4O/c1-5-7-19(8-6-2)14-11-16-13(10-17-14)15(20)18-9-12(3)4/h10-12H,5-9H2,1-4H3,(H,18,20). The third kappa shape index (κ3) is 5.15. The molecule has 1 rings (SSSR count). The molecule has 0 aliphatic carbocycles. The molecule has 1 aromatic heterocycles. The van der Waals surface area contributed by atoms with Gasteiger partial charge >= 0.3 is 0 Å². The maximum absolute atomic E-state index is 11.9. The van der Waals surface area contributed by atoms with Crippen LogP contribution in [-0.2, 0) is 0 Å². The highest BCUT2D eigenvalue weighted by Crippen LogP contribution is 2.10. The summed E-state index contributed by atoms with van der Waals surface area (Å²) >= 11 is 0. The lowest BCUT2D eigenvalue weighted by Gasteiger charge is -2.22. The van der Waals surface area contributed by atoms with E-state index in [1.54, 1.807) is 12.4 Å². The van der Waals surface area contributed by atoms with E-state index in [4.69, 9.17) is 0 Å². The molecule has 1 aromatic rings. The van der Waals surface area contributed by atoms with Gasteiger partial charge in [0.1, 0.15) is 11.5 Å². The predicted octanol–water partition coefficient (Wildman–Crippen LogP) is 2.49. The molecule has 0 radical (unpaired) electrons. The van der Waals surface area contributed by atoms with Gasteiger partial charge in [0.05, 0.1) is 12.4 Å². The Kier molecular flexibility index (Phi) is 6.98. The summed E-state index contributed by atoms with van der Waals surface area (Å²) in [4.78, 5) is 22.6. The summed E-state index contributed by atoms with van der Waals surface area (Å²) in [6.45, 7) is 11.0. The summed E-state index contributed by atoms with van der Waals surface area (Å²) in [5.41, 5.74) is 0.377. The zero-order chi connectivity index (χ0) is 15.0. The van der Waals surface area contributed by atoms with Crippen LogP contribution in [0.4, 0.5) is 5.82 Å². The van der Waals surface area contributed by atoms with Crippen LogP contribution < -0.4 is 10.2 Å². The van der Waals surface area contributed by atoms with Gasteiger partial charge in [0.2, 0.25) is 0 Å². The van der Waals surface area contributed by atoms with Crippen LogP contribution in [0.3, 0.4) is 0 Å². The Bertz CT molecular complexity index is 397. The topological polar surface area (TPSA) is 58.1 Å². The fraction of sp³-hybridized carbons (Fsp3) is 0.667. The first-order valence-electron chi connectivity index (χ1n) is 7.43. The van der Waals surface area contributed by atoms with Crippen molar-refractivity contribution in [1.29, 1.82) is 0 Å². The van der Waals surface area contributed by atoms with Crippen molar-refractivity contribution in [1.82, 2.24) is 15.3 Å². The average molecular weight is 278 g/mol. The molecule has 0 saturated heterocycles. The third-order valence-corrected chi connectivity index (χ3v) is 2.85. The normalized spacial score (nSPS) is 10.7. The van der Waals surface area contributed by atoms with Crippen LogP contribution >= 0.6 is 0 Å². The Balaban J connectivity index is 2.69. The largest absolute Gasteiger partial charge is 0.355 e. The fourth-order valence-electron chi connectivity index (χ4n) is 1.87. The first kappa shape index (κ1) is 16.4. The minimum absolute atomic E-state index is 0.157. The molecule has 0 bridgehead atoms. The molecule has 0 atom stereocenters. The molecule has 0 saturated carbocycles. The molecule has 0 spiro atoms. The smallest absolute Gasteiger partial charge is 0.271 e. The van der Waals surface area contributed by atoms with Crippen molar-refractivity contribution < 1.29 is 4.79 Å². The summed E-state index contributed by atoms with van der Waals surface area (Å²) < 4.78 is 0. The highest BCUT2D eigenvalue weighted by molar-refractivity contribution is 5.91. The van der Waals surface area contributed by atoms with Gasteiger partial charge in [0.15, 0.2) is 0 Å². The van der Waals surface area contributed by atoms with Crippen molar-refractivity contribution in [2.75, 3.05) is 24.5 Å². The lowest BCUT2D eigenvalue weighted by Crippen LogP contribution is -2.29. The first-order valence-corrected chi connectivity index (χ1v) is 7.43. The van der Waals surface area contributed by atoms with E-state index in [1.807, 2.05) is 0 Å². The summed E-state index contributed by atoms with van der Waals surface area (Å²) in [6, 6.07) is 0. The molecule has 5 heteroatoms. The lowest BCUT2D eigenvalue weighted by atomic mass is 10.2. The second-order valence-corrected chi connectivity index (χ2v) is 5.35. The Hall–Kier alpha value is -1.65. The quantitative estimate of drug-likeness (QED) is 0.793. The number of anilines is 1. The van der Waals surface area contributed by atoms with Gasteiger partial charge in [-0.1, -0.05) is 27.7 Å². The van der Waals surface area contributed by atoms with E-state index >= 15 is 0 Å². The van der Waals surface area contributed by atoms with Crippen LogP contribution in [0.1, 0.15) is 51.0 Å². The molecule has 0 aromatic carbocycles. The van der Waals surface area contributed by atoms with Gasteiger partial charge in [-0.2, -0.15) is 0 Å². The molecule has 0 unspecified atom stereocenters. The van der Waals surface area contributed by atoms with E-state index in [0.717, 1.165) is 31.7 Å². The van der Waals surface area contributed by atoms with E-state index in [9.17, 15) is 4.79 Å². The molecule has 0 aliphatic heterocycles. The van der Waals surface area contributed by atoms with Crippen molar-refractivity contribution in [2.45, 2.75) is 40.5 Å². The van der Waals surface area contributed by atoms with E-state index in [1.165, 1.54) is 0 Å². The van der Waals surface area contributed by atoms with Crippen LogP contribution in [0, 0.1) is 5.92 Å². The molecule has 112 valence electrons. The molecule has 20 heavy (non-hydrogen) atoms. The third-order valence-electron chi connectivity index (χ3n) is 2.85. The van der Waals surface area contributed by atoms with E-state index in [2.05, 4.69) is 47.9 Å². The van der Waals surface area contributed by atoms with Gasteiger partial charge in [-0.15, -0.1) is 0 Å². The van der Waals surface area contributed by atoms with Crippen LogP contribution in [0.25, 0.3) is 0 Å². The summed E-state index contributed by atoms with van der Waals surface area (Å²) in [5.74, 6) is 1.11. The number of hydrogen-bond acceptors (Lipinski definition) is 4. The molecule has 5 nitrogen and oxygen atoms in total. The van der Waals surface area contributed by atoms with Crippen LogP contribution in [0.2, 0.25) is 0 Å². The number of nitrogens with one attached hydrogen (secondary N) is 1. The van der Waals surface area contributed by atoms with Gasteiger partial charge < -0.3 is 10.2 Å². The van der Waals surface area contributed by atoms with Crippen molar-refractivity contribution in [2.24, 2.45) is 5.92 Å². The molecule has 1 heterocycles. The number of nitrogens with zero attached hydrogens (tertiary/aromatic N) is 3. The summed E-state index contributed by atoms with van der Waals surface area (Å²) in [7, 11) is 0. The zero-order valence-electron chi connectivity index (χ0n) is 13.0. The van der Waals surface area contributed by atoms with Gasteiger partial charge in [-0.25, -0.2) is 9.97 Å². The summed E-state index contributed by atoms with van der Waals surface area (Å²) in [6.07, 6.45) is 5.38.